The van der Waals surface area contributed by atoms with Crippen LogP contribution in [0.4, 0.5) is 5.69 Å². The van der Waals surface area contributed by atoms with Gasteiger partial charge in [-0.05, 0) is 12.8 Å². The van der Waals surface area contributed by atoms with Crippen molar-refractivity contribution in [2.24, 2.45) is 0 Å². The molecule has 1 aromatic heterocycles. The highest BCUT2D eigenvalue weighted by molar-refractivity contribution is 5.83. The number of carbonyl (C=O) groups is 2. The van der Waals surface area contributed by atoms with Gasteiger partial charge in [0.25, 0.3) is 11.2 Å². The number of aliphatic carboxylic acids is 1. The molecule has 126 valence electrons. The number of aromatic nitrogens is 1. The van der Waals surface area contributed by atoms with Crippen LogP contribution in [0.15, 0.2) is 23.1 Å². The van der Waals surface area contributed by atoms with Gasteiger partial charge in [-0.25, -0.2) is 4.79 Å². The average molecular weight is 325 g/mol. The van der Waals surface area contributed by atoms with E-state index in [0.29, 0.717) is 12.8 Å². The summed E-state index contributed by atoms with van der Waals surface area (Å²) in [7, 11) is 0. The summed E-state index contributed by atoms with van der Waals surface area (Å²) >= 11 is 0. The van der Waals surface area contributed by atoms with Gasteiger partial charge in [0, 0.05) is 25.1 Å². The zero-order valence-electron chi connectivity index (χ0n) is 12.7. The minimum atomic E-state index is -1.09. The Morgan fingerprint density at radius 3 is 2.70 bits per heavy atom. The Morgan fingerprint density at radius 1 is 1.43 bits per heavy atom. The first-order valence-corrected chi connectivity index (χ1v) is 7.22. The fourth-order valence-corrected chi connectivity index (χ4v) is 2.02. The highest BCUT2D eigenvalue weighted by Gasteiger charge is 2.18. The number of aryl methyl sites for hydroxylation is 1. The van der Waals surface area contributed by atoms with Crippen molar-refractivity contribution in [3.63, 3.8) is 0 Å². The molecule has 1 heterocycles. The van der Waals surface area contributed by atoms with Crippen LogP contribution in [-0.4, -0.2) is 32.5 Å². The Labute approximate surface area is 132 Å². The highest BCUT2D eigenvalue weighted by atomic mass is 16.6. The maximum atomic E-state index is 11.7. The molecule has 0 aliphatic rings. The largest absolute Gasteiger partial charge is 0.480 e. The van der Waals surface area contributed by atoms with Crippen LogP contribution in [0.1, 0.15) is 32.6 Å². The normalized spacial score (nSPS) is 11.7. The number of amides is 1. The van der Waals surface area contributed by atoms with E-state index in [1.165, 1.54) is 0 Å². The molecule has 0 radical (unpaired) electrons. The zero-order valence-corrected chi connectivity index (χ0v) is 12.7. The van der Waals surface area contributed by atoms with Gasteiger partial charge in [0.1, 0.15) is 6.04 Å². The van der Waals surface area contributed by atoms with Gasteiger partial charge < -0.3 is 15.0 Å². The molecule has 1 amide bonds. The minimum Gasteiger partial charge on any atom is -0.480 e. The van der Waals surface area contributed by atoms with Crippen molar-refractivity contribution in [1.29, 1.82) is 0 Å². The molecule has 23 heavy (non-hydrogen) atoms. The molecule has 1 atom stereocenters. The lowest BCUT2D eigenvalue weighted by atomic mass is 10.1. The molecule has 9 heteroatoms. The molecule has 0 aliphatic heterocycles. The highest BCUT2D eigenvalue weighted by Crippen LogP contribution is 2.07. The van der Waals surface area contributed by atoms with Gasteiger partial charge in [0.15, 0.2) is 0 Å². The van der Waals surface area contributed by atoms with Gasteiger partial charge in [0.2, 0.25) is 5.91 Å². The number of carboxylic acid groups (broad SMARTS) is 1. The van der Waals surface area contributed by atoms with Crippen molar-refractivity contribution < 1.29 is 19.6 Å². The minimum absolute atomic E-state index is 0.0304. The fraction of sp³-hybridized carbons (Fsp3) is 0.500. The van der Waals surface area contributed by atoms with E-state index in [1.54, 1.807) is 0 Å². The lowest BCUT2D eigenvalue weighted by Gasteiger charge is -2.13. The Morgan fingerprint density at radius 2 is 2.13 bits per heavy atom. The summed E-state index contributed by atoms with van der Waals surface area (Å²) in [4.78, 5) is 44.3. The molecule has 0 saturated carbocycles. The van der Waals surface area contributed by atoms with Gasteiger partial charge in [-0.3, -0.25) is 19.7 Å². The average Bonchev–Trinajstić information content (AvgIpc) is 2.48. The first kappa shape index (κ1) is 18.3. The van der Waals surface area contributed by atoms with Crippen molar-refractivity contribution >= 4 is 17.6 Å². The van der Waals surface area contributed by atoms with Crippen LogP contribution in [0.3, 0.4) is 0 Å². The number of nitrogens with one attached hydrogen (secondary N) is 1. The van der Waals surface area contributed by atoms with Crippen molar-refractivity contribution in [2.75, 3.05) is 0 Å². The number of nitrogens with zero attached hydrogens (tertiary/aromatic N) is 2. The maximum Gasteiger partial charge on any atom is 0.326 e. The molecule has 1 aromatic rings. The van der Waals surface area contributed by atoms with Crippen LogP contribution < -0.4 is 10.9 Å². The summed E-state index contributed by atoms with van der Waals surface area (Å²) in [5.74, 6) is -1.51. The maximum absolute atomic E-state index is 11.7. The van der Waals surface area contributed by atoms with Crippen LogP contribution in [0.2, 0.25) is 0 Å². The third-order valence-electron chi connectivity index (χ3n) is 3.19. The summed E-state index contributed by atoms with van der Waals surface area (Å²) in [5.41, 5.74) is -0.603. The van der Waals surface area contributed by atoms with E-state index >= 15 is 0 Å². The number of nitro groups is 1. The standard InChI is InChI=1S/C14H19N3O6/c1-2-4-11(14(20)21)15-12(18)5-3-8-16-9-10(17(22)23)6-7-13(16)19/h6-7,9,11H,2-5,8H2,1H3,(H,15,18)(H,20,21). The number of carboxylic acids is 1. The summed E-state index contributed by atoms with van der Waals surface area (Å²) in [5, 5.41) is 22.0. The number of hydrogen-bond acceptors (Lipinski definition) is 5. The van der Waals surface area contributed by atoms with E-state index in [9.17, 15) is 24.5 Å². The SMILES string of the molecule is CCCC(NC(=O)CCCn1cc([N+](=O)[O-])ccc1=O)C(=O)O. The van der Waals surface area contributed by atoms with Crippen LogP contribution in [0.5, 0.6) is 0 Å². The topological polar surface area (TPSA) is 132 Å². The van der Waals surface area contributed by atoms with Gasteiger partial charge in [-0.2, -0.15) is 0 Å². The van der Waals surface area contributed by atoms with Gasteiger partial charge in [-0.15, -0.1) is 0 Å². The van der Waals surface area contributed by atoms with E-state index in [4.69, 9.17) is 5.11 Å². The molecule has 0 saturated heterocycles. The molecule has 9 nitrogen and oxygen atoms in total. The summed E-state index contributed by atoms with van der Waals surface area (Å²) in [6.07, 6.45) is 2.39. The monoisotopic (exact) mass is 325 g/mol. The van der Waals surface area contributed by atoms with Gasteiger partial charge >= 0.3 is 5.97 Å². The van der Waals surface area contributed by atoms with E-state index in [1.807, 2.05) is 6.92 Å². The van der Waals surface area contributed by atoms with Gasteiger partial charge in [0.05, 0.1) is 11.1 Å². The molecule has 0 aliphatic carbocycles. The van der Waals surface area contributed by atoms with Crippen LogP contribution in [-0.2, 0) is 16.1 Å². The molecule has 1 rings (SSSR count). The van der Waals surface area contributed by atoms with E-state index in [-0.39, 0.29) is 25.1 Å². The zero-order chi connectivity index (χ0) is 17.4. The number of pyridine rings is 1. The molecule has 1 unspecified atom stereocenters. The number of rotatable bonds is 9. The van der Waals surface area contributed by atoms with Crippen molar-refractivity contribution in [2.45, 2.75) is 45.2 Å². The first-order valence-electron chi connectivity index (χ1n) is 7.22. The predicted octanol–water partition coefficient (Wildman–Crippen LogP) is 0.906. The first-order chi connectivity index (χ1) is 10.8. The third kappa shape index (κ3) is 5.89. The lowest BCUT2D eigenvalue weighted by molar-refractivity contribution is -0.385. The quantitative estimate of drug-likeness (QED) is 0.512. The van der Waals surface area contributed by atoms with E-state index in [2.05, 4.69) is 5.32 Å². The second-order valence-electron chi connectivity index (χ2n) is 5.03. The molecule has 2 N–H and O–H groups in total. The lowest BCUT2D eigenvalue weighted by Crippen LogP contribution is -2.40. The van der Waals surface area contributed by atoms with Gasteiger partial charge in [-0.1, -0.05) is 13.3 Å². The summed E-state index contributed by atoms with van der Waals surface area (Å²) in [6.45, 7) is 1.95. The van der Waals surface area contributed by atoms with Crippen molar-refractivity contribution in [1.82, 2.24) is 9.88 Å². The molecular formula is C14H19N3O6. The summed E-state index contributed by atoms with van der Waals surface area (Å²) < 4.78 is 1.16. The van der Waals surface area contributed by atoms with Crippen LogP contribution in [0, 0.1) is 10.1 Å². The molecule has 0 spiro atoms. The molecule has 0 bridgehead atoms. The fourth-order valence-electron chi connectivity index (χ4n) is 2.02. The van der Waals surface area contributed by atoms with E-state index in [0.717, 1.165) is 22.9 Å². The van der Waals surface area contributed by atoms with Crippen molar-refractivity contribution in [3.8, 4) is 0 Å². The smallest absolute Gasteiger partial charge is 0.326 e. The Balaban J connectivity index is 2.55. The third-order valence-corrected chi connectivity index (χ3v) is 3.19. The summed E-state index contributed by atoms with van der Waals surface area (Å²) in [6, 6.07) is 1.29. The molecule has 0 aromatic carbocycles. The Bertz CT molecular complexity index is 640. The Hall–Kier alpha value is -2.71. The second-order valence-corrected chi connectivity index (χ2v) is 5.03. The Kier molecular flexibility index (Phi) is 6.91. The van der Waals surface area contributed by atoms with Crippen LogP contribution in [0.25, 0.3) is 0 Å². The second kappa shape index (κ2) is 8.66. The van der Waals surface area contributed by atoms with E-state index < -0.39 is 28.4 Å². The van der Waals surface area contributed by atoms with Crippen LogP contribution >= 0.6 is 0 Å². The number of carbonyl (C=O) groups excluding carboxylic acids is 1. The number of hydrogen-bond donors (Lipinski definition) is 2. The van der Waals surface area contributed by atoms with Crippen molar-refractivity contribution in [3.05, 3.63) is 38.8 Å². The molecule has 0 fully saturated rings. The predicted molar refractivity (Wildman–Crippen MR) is 81.1 cm³/mol. The molecular weight excluding hydrogens is 306 g/mol.